The number of rotatable bonds is 4. The van der Waals surface area contributed by atoms with Crippen LogP contribution in [0.5, 0.6) is 0 Å². The van der Waals surface area contributed by atoms with E-state index in [2.05, 4.69) is 25.4 Å². The summed E-state index contributed by atoms with van der Waals surface area (Å²) in [5.74, 6) is 0.914. The summed E-state index contributed by atoms with van der Waals surface area (Å²) < 4.78 is 1.43. The number of fused-ring (bicyclic) bond motifs is 1. The van der Waals surface area contributed by atoms with E-state index in [9.17, 15) is 4.79 Å². The highest BCUT2D eigenvalue weighted by Crippen LogP contribution is 2.25. The number of H-pyrrole nitrogens is 1. The largest absolute Gasteiger partial charge is 0.352 e. The molecule has 1 atom stereocenters. The molecule has 0 bridgehead atoms. The Hall–Kier alpha value is -1.89. The van der Waals surface area contributed by atoms with E-state index in [4.69, 9.17) is 0 Å². The molecule has 1 unspecified atom stereocenters. The Kier molecular flexibility index (Phi) is 2.73. The van der Waals surface area contributed by atoms with E-state index < -0.39 is 0 Å². The molecule has 2 aliphatic rings. The Morgan fingerprint density at radius 2 is 2.30 bits per heavy atom. The van der Waals surface area contributed by atoms with Crippen molar-refractivity contribution in [1.29, 1.82) is 0 Å². The fourth-order valence-electron chi connectivity index (χ4n) is 2.90. The Morgan fingerprint density at radius 1 is 1.40 bits per heavy atom. The summed E-state index contributed by atoms with van der Waals surface area (Å²) in [4.78, 5) is 18.2. The lowest BCUT2D eigenvalue weighted by molar-refractivity contribution is 0.568. The summed E-state index contributed by atoms with van der Waals surface area (Å²) in [6.45, 7) is 2.04. The van der Waals surface area contributed by atoms with Crippen molar-refractivity contribution >= 4 is 11.5 Å². The van der Waals surface area contributed by atoms with Crippen molar-refractivity contribution < 1.29 is 0 Å². The molecule has 0 amide bonds. The average molecular weight is 274 g/mol. The zero-order valence-electron chi connectivity index (χ0n) is 11.2. The first-order valence-electron chi connectivity index (χ1n) is 7.24. The lowest BCUT2D eigenvalue weighted by Gasteiger charge is -2.25. The number of aromatic amines is 1. The monoisotopic (exact) mass is 274 g/mol. The van der Waals surface area contributed by atoms with Crippen LogP contribution in [0.15, 0.2) is 17.2 Å². The number of nitrogens with one attached hydrogen (secondary N) is 2. The van der Waals surface area contributed by atoms with Gasteiger partial charge in [0.15, 0.2) is 5.65 Å². The molecule has 3 heterocycles. The predicted octanol–water partition coefficient (Wildman–Crippen LogP) is 0.138. The first kappa shape index (κ1) is 11.9. The molecule has 0 aromatic carbocycles. The van der Waals surface area contributed by atoms with Crippen molar-refractivity contribution in [3.63, 3.8) is 0 Å². The van der Waals surface area contributed by atoms with Gasteiger partial charge in [-0.15, -0.1) is 0 Å². The molecule has 1 aliphatic carbocycles. The van der Waals surface area contributed by atoms with E-state index in [1.54, 1.807) is 6.33 Å². The molecule has 4 rings (SSSR count). The fourth-order valence-corrected chi connectivity index (χ4v) is 2.90. The molecular weight excluding hydrogens is 256 g/mol. The van der Waals surface area contributed by atoms with Crippen LogP contribution >= 0.6 is 0 Å². The van der Waals surface area contributed by atoms with Crippen LogP contribution in [0.1, 0.15) is 25.7 Å². The van der Waals surface area contributed by atoms with Gasteiger partial charge < -0.3 is 10.2 Å². The summed E-state index contributed by atoms with van der Waals surface area (Å²) in [7, 11) is 0. The van der Waals surface area contributed by atoms with Gasteiger partial charge in [-0.05, 0) is 25.7 Å². The van der Waals surface area contributed by atoms with Crippen LogP contribution < -0.4 is 15.9 Å². The third kappa shape index (κ3) is 2.07. The highest BCUT2D eigenvalue weighted by molar-refractivity contribution is 5.51. The average Bonchev–Trinajstić information content (AvgIpc) is 3.06. The van der Waals surface area contributed by atoms with Crippen molar-refractivity contribution in [1.82, 2.24) is 24.9 Å². The first-order valence-corrected chi connectivity index (χ1v) is 7.24. The van der Waals surface area contributed by atoms with Gasteiger partial charge in [-0.3, -0.25) is 0 Å². The number of hydrogen-bond acceptors (Lipinski definition) is 5. The number of anilines is 1. The number of nitrogens with zero attached hydrogens (tertiary/aromatic N) is 4. The van der Waals surface area contributed by atoms with E-state index in [1.807, 2.05) is 6.07 Å². The van der Waals surface area contributed by atoms with Gasteiger partial charge in [0.05, 0.1) is 0 Å². The van der Waals surface area contributed by atoms with E-state index in [0.29, 0.717) is 11.7 Å². The van der Waals surface area contributed by atoms with Gasteiger partial charge in [0.25, 0.3) is 0 Å². The van der Waals surface area contributed by atoms with Crippen LogP contribution in [0.2, 0.25) is 0 Å². The molecule has 2 fully saturated rings. The third-order valence-corrected chi connectivity index (χ3v) is 4.19. The van der Waals surface area contributed by atoms with Gasteiger partial charge in [0, 0.05) is 31.2 Å². The van der Waals surface area contributed by atoms with Gasteiger partial charge in [-0.2, -0.15) is 5.10 Å². The van der Waals surface area contributed by atoms with E-state index in [-0.39, 0.29) is 5.69 Å². The van der Waals surface area contributed by atoms with Crippen LogP contribution in [0.25, 0.3) is 5.65 Å². The van der Waals surface area contributed by atoms with Gasteiger partial charge in [-0.25, -0.2) is 19.3 Å². The molecule has 1 aliphatic heterocycles. The van der Waals surface area contributed by atoms with Gasteiger partial charge in [-0.1, -0.05) is 0 Å². The molecule has 7 heteroatoms. The summed E-state index contributed by atoms with van der Waals surface area (Å²) in [6.07, 6.45) is 6.57. The Bertz CT molecular complexity index is 673. The topological polar surface area (TPSA) is 78.3 Å². The SMILES string of the molecule is O=c1[nH]nc2cc(N3CCCC3CNC3CC3)ncn12. The van der Waals surface area contributed by atoms with Crippen molar-refractivity contribution in [2.24, 2.45) is 0 Å². The highest BCUT2D eigenvalue weighted by Gasteiger charge is 2.28. The standard InChI is InChI=1S/C13H18N6O/c20-13-17-16-12-6-11(15-8-19(12)13)18-5-1-2-10(18)7-14-9-3-4-9/h6,8-10,14H,1-5,7H2,(H,17,20). The lowest BCUT2D eigenvalue weighted by atomic mass is 10.2. The third-order valence-electron chi connectivity index (χ3n) is 4.19. The second kappa shape index (κ2) is 4.59. The van der Waals surface area contributed by atoms with Crippen molar-refractivity contribution in [3.8, 4) is 0 Å². The number of aromatic nitrogens is 4. The normalized spacial score (nSPS) is 22.8. The molecule has 2 aromatic heterocycles. The zero-order valence-corrected chi connectivity index (χ0v) is 11.2. The summed E-state index contributed by atoms with van der Waals surface area (Å²) >= 11 is 0. The van der Waals surface area contributed by atoms with Crippen LogP contribution in [-0.2, 0) is 0 Å². The van der Waals surface area contributed by atoms with E-state index >= 15 is 0 Å². The van der Waals surface area contributed by atoms with E-state index in [1.165, 1.54) is 30.1 Å². The highest BCUT2D eigenvalue weighted by atomic mass is 16.1. The summed E-state index contributed by atoms with van der Waals surface area (Å²) in [6, 6.07) is 3.11. The fraction of sp³-hybridized carbons (Fsp3) is 0.615. The number of hydrogen-bond donors (Lipinski definition) is 2. The quantitative estimate of drug-likeness (QED) is 0.829. The molecule has 106 valence electrons. The molecule has 0 radical (unpaired) electrons. The van der Waals surface area contributed by atoms with Crippen LogP contribution in [0.3, 0.4) is 0 Å². The van der Waals surface area contributed by atoms with Crippen LogP contribution in [0, 0.1) is 0 Å². The Morgan fingerprint density at radius 3 is 3.15 bits per heavy atom. The Balaban J connectivity index is 1.57. The minimum absolute atomic E-state index is 0.243. The lowest BCUT2D eigenvalue weighted by Crippen LogP contribution is -2.39. The summed E-state index contributed by atoms with van der Waals surface area (Å²) in [5, 5.41) is 10.0. The van der Waals surface area contributed by atoms with E-state index in [0.717, 1.165) is 24.9 Å². The Labute approximate surface area is 116 Å². The molecule has 0 spiro atoms. The molecule has 1 saturated carbocycles. The predicted molar refractivity (Wildman–Crippen MR) is 75.0 cm³/mol. The molecule has 7 nitrogen and oxygen atoms in total. The van der Waals surface area contributed by atoms with Gasteiger partial charge in [0.2, 0.25) is 0 Å². The second-order valence-electron chi connectivity index (χ2n) is 5.68. The van der Waals surface area contributed by atoms with Crippen molar-refractivity contribution in [2.45, 2.75) is 37.8 Å². The van der Waals surface area contributed by atoms with Gasteiger partial charge in [0.1, 0.15) is 12.1 Å². The maximum atomic E-state index is 11.4. The smallest absolute Gasteiger partial charge is 0.348 e. The molecule has 1 saturated heterocycles. The minimum atomic E-state index is -0.243. The maximum Gasteiger partial charge on any atom is 0.348 e. The molecule has 2 aromatic rings. The zero-order chi connectivity index (χ0) is 13.5. The van der Waals surface area contributed by atoms with Crippen molar-refractivity contribution in [2.75, 3.05) is 18.0 Å². The van der Waals surface area contributed by atoms with Crippen molar-refractivity contribution in [3.05, 3.63) is 22.9 Å². The molecule has 2 N–H and O–H groups in total. The first-order chi connectivity index (χ1) is 9.81. The molecular formula is C13H18N6O. The molecule has 20 heavy (non-hydrogen) atoms. The minimum Gasteiger partial charge on any atom is -0.352 e. The second-order valence-corrected chi connectivity index (χ2v) is 5.68. The van der Waals surface area contributed by atoms with Gasteiger partial charge >= 0.3 is 5.69 Å². The van der Waals surface area contributed by atoms with Crippen LogP contribution in [0.4, 0.5) is 5.82 Å². The van der Waals surface area contributed by atoms with Crippen LogP contribution in [-0.4, -0.2) is 44.8 Å². The summed E-state index contributed by atoms with van der Waals surface area (Å²) in [5.41, 5.74) is 0.383. The maximum absolute atomic E-state index is 11.4.